The van der Waals surface area contributed by atoms with E-state index in [1.54, 1.807) is 0 Å². The maximum absolute atomic E-state index is 6.46. The molecule has 1 aliphatic rings. The first kappa shape index (κ1) is 17.3. The monoisotopic (exact) mass is 335 g/mol. The number of unbranched alkanes of at least 4 members (excludes halogenated alkanes) is 1. The van der Waals surface area contributed by atoms with Crippen LogP contribution in [0, 0.1) is 0 Å². The van der Waals surface area contributed by atoms with E-state index in [0.717, 1.165) is 5.82 Å². The van der Waals surface area contributed by atoms with Crippen LogP contribution in [0.2, 0.25) is 39.3 Å². The molecule has 0 saturated heterocycles. The average molecular weight is 336 g/mol. The number of hydrogen-bond acceptors (Lipinski definition) is 5. The minimum absolute atomic E-state index is 1.01. The molecule has 7 heteroatoms. The van der Waals surface area contributed by atoms with Gasteiger partial charge in [0.05, 0.1) is 12.1 Å². The number of nitrogens with zero attached hydrogens (tertiary/aromatic N) is 2. The highest BCUT2D eigenvalue weighted by Crippen LogP contribution is 2.45. The first-order valence-corrected chi connectivity index (χ1v) is 15.6. The Bertz CT molecular complexity index is 348. The summed E-state index contributed by atoms with van der Waals surface area (Å²) in [5.41, 5.74) is 6.46. The van der Waals surface area contributed by atoms with Crippen molar-refractivity contribution in [2.24, 2.45) is 5.73 Å². The summed E-state index contributed by atoms with van der Waals surface area (Å²) >= 11 is 3.82. The van der Waals surface area contributed by atoms with Gasteiger partial charge < -0.3 is 13.7 Å². The van der Waals surface area contributed by atoms with Crippen molar-refractivity contribution in [1.82, 2.24) is 7.94 Å². The van der Waals surface area contributed by atoms with Gasteiger partial charge in [0.2, 0.25) is 0 Å². The van der Waals surface area contributed by atoms with Crippen LogP contribution >= 0.6 is 23.9 Å². The Balaban J connectivity index is 2.96. The van der Waals surface area contributed by atoms with E-state index in [1.165, 1.54) is 23.6 Å². The molecular formula is C12H29N3S2Si2. The molecule has 3 nitrogen and oxygen atoms in total. The highest BCUT2D eigenvalue weighted by atomic mass is 32.2. The minimum Gasteiger partial charge on any atom is -0.383 e. The molecule has 1 heterocycles. The van der Waals surface area contributed by atoms with E-state index in [4.69, 9.17) is 5.73 Å². The van der Waals surface area contributed by atoms with Crippen molar-refractivity contribution in [3.8, 4) is 0 Å². The van der Waals surface area contributed by atoms with Crippen LogP contribution in [-0.4, -0.2) is 30.2 Å². The van der Waals surface area contributed by atoms with Gasteiger partial charge in [0.1, 0.15) is 10.9 Å². The van der Waals surface area contributed by atoms with Gasteiger partial charge in [-0.05, 0) is 12.2 Å². The topological polar surface area (TPSA) is 32.5 Å². The van der Waals surface area contributed by atoms with E-state index in [1.807, 2.05) is 23.9 Å². The van der Waals surface area contributed by atoms with Crippen molar-refractivity contribution < 1.29 is 0 Å². The van der Waals surface area contributed by atoms with E-state index in [-0.39, 0.29) is 0 Å². The standard InChI is InChI=1S/C12H29N3S2Si2/c1-8-9-10-16-12-11(13)14(18(2,3)4)17-15(12)19(5,6)7/h8-10,13H2,1-7H3. The quantitative estimate of drug-likeness (QED) is 0.440. The Morgan fingerprint density at radius 1 is 1.05 bits per heavy atom. The predicted molar refractivity (Wildman–Crippen MR) is 96.5 cm³/mol. The Hall–Kier alpha value is 0.274. The van der Waals surface area contributed by atoms with Crippen LogP contribution in [0.1, 0.15) is 19.8 Å². The van der Waals surface area contributed by atoms with E-state index >= 15 is 0 Å². The molecule has 0 spiro atoms. The van der Waals surface area contributed by atoms with Gasteiger partial charge in [-0.3, -0.25) is 0 Å². The van der Waals surface area contributed by atoms with E-state index in [9.17, 15) is 0 Å². The fraction of sp³-hybridized carbons (Fsp3) is 0.833. The van der Waals surface area contributed by atoms with Crippen molar-refractivity contribution in [2.45, 2.75) is 59.0 Å². The summed E-state index contributed by atoms with van der Waals surface area (Å²) in [6.45, 7) is 16.5. The molecule has 0 amide bonds. The molecule has 112 valence electrons. The van der Waals surface area contributed by atoms with Gasteiger partial charge in [-0.15, -0.1) is 11.8 Å². The fourth-order valence-electron chi connectivity index (χ4n) is 1.71. The fourth-order valence-corrected chi connectivity index (χ4v) is 8.86. The van der Waals surface area contributed by atoms with Crippen LogP contribution in [0.3, 0.4) is 0 Å². The van der Waals surface area contributed by atoms with Gasteiger partial charge >= 0.3 is 0 Å². The molecule has 0 atom stereocenters. The summed E-state index contributed by atoms with van der Waals surface area (Å²) in [7, 11) is -2.81. The lowest BCUT2D eigenvalue weighted by atomic mass is 10.4. The lowest BCUT2D eigenvalue weighted by Crippen LogP contribution is -2.43. The molecule has 0 aromatic rings. The Labute approximate surface area is 129 Å². The van der Waals surface area contributed by atoms with Crippen molar-refractivity contribution in [3.05, 3.63) is 10.9 Å². The maximum atomic E-state index is 6.46. The molecule has 0 saturated carbocycles. The second-order valence-corrected chi connectivity index (χ2v) is 19.1. The zero-order valence-electron chi connectivity index (χ0n) is 13.4. The molecule has 1 aliphatic heterocycles. The molecule has 0 aromatic carbocycles. The lowest BCUT2D eigenvalue weighted by molar-refractivity contribution is 0.830. The maximum Gasteiger partial charge on any atom is 0.164 e. The third kappa shape index (κ3) is 4.37. The number of nitrogens with two attached hydrogens (primary N) is 1. The zero-order valence-corrected chi connectivity index (χ0v) is 17.0. The zero-order chi connectivity index (χ0) is 14.8. The summed E-state index contributed by atoms with van der Waals surface area (Å²) in [6.07, 6.45) is 2.51. The summed E-state index contributed by atoms with van der Waals surface area (Å²) in [5.74, 6) is 2.18. The van der Waals surface area contributed by atoms with Crippen molar-refractivity contribution in [1.29, 1.82) is 0 Å². The number of hydrogen-bond donors (Lipinski definition) is 1. The highest BCUT2D eigenvalue weighted by molar-refractivity contribution is 8.05. The highest BCUT2D eigenvalue weighted by Gasteiger charge is 2.41. The third-order valence-corrected chi connectivity index (χ3v) is 11.6. The van der Waals surface area contributed by atoms with Crippen LogP contribution in [0.25, 0.3) is 0 Å². The van der Waals surface area contributed by atoms with Crippen molar-refractivity contribution in [3.63, 3.8) is 0 Å². The van der Waals surface area contributed by atoms with Crippen LogP contribution in [0.15, 0.2) is 10.9 Å². The average Bonchev–Trinajstić information content (AvgIpc) is 2.56. The van der Waals surface area contributed by atoms with Crippen LogP contribution < -0.4 is 5.73 Å². The first-order chi connectivity index (χ1) is 8.59. The summed E-state index contributed by atoms with van der Waals surface area (Å²) in [4.78, 5) is 0. The van der Waals surface area contributed by atoms with E-state index in [2.05, 4.69) is 54.1 Å². The third-order valence-electron chi connectivity index (χ3n) is 2.74. The van der Waals surface area contributed by atoms with Crippen LogP contribution in [-0.2, 0) is 0 Å². The van der Waals surface area contributed by atoms with Crippen molar-refractivity contribution >= 4 is 40.4 Å². The largest absolute Gasteiger partial charge is 0.383 e. The summed E-state index contributed by atoms with van der Waals surface area (Å²) < 4.78 is 4.93. The van der Waals surface area contributed by atoms with Gasteiger partial charge in [-0.25, -0.2) is 0 Å². The predicted octanol–water partition coefficient (Wildman–Crippen LogP) is 4.46. The van der Waals surface area contributed by atoms with E-state index in [0.29, 0.717) is 0 Å². The lowest BCUT2D eigenvalue weighted by Gasteiger charge is -2.35. The first-order valence-electron chi connectivity index (χ1n) is 7.00. The minimum atomic E-state index is -1.42. The molecule has 19 heavy (non-hydrogen) atoms. The molecule has 2 N–H and O–H groups in total. The van der Waals surface area contributed by atoms with Gasteiger partial charge in [0.25, 0.3) is 0 Å². The van der Waals surface area contributed by atoms with Gasteiger partial charge in [-0.1, -0.05) is 52.6 Å². The molecule has 0 fully saturated rings. The van der Waals surface area contributed by atoms with Crippen LogP contribution in [0.5, 0.6) is 0 Å². The van der Waals surface area contributed by atoms with Gasteiger partial charge in [0, 0.05) is 0 Å². The smallest absolute Gasteiger partial charge is 0.164 e. The second kappa shape index (κ2) is 6.36. The molecule has 1 rings (SSSR count). The Morgan fingerprint density at radius 3 is 2.00 bits per heavy atom. The normalized spacial score (nSPS) is 17.6. The molecule has 0 aromatic heterocycles. The Morgan fingerprint density at radius 2 is 1.58 bits per heavy atom. The van der Waals surface area contributed by atoms with Crippen LogP contribution in [0.4, 0.5) is 0 Å². The van der Waals surface area contributed by atoms with Gasteiger partial charge in [-0.2, -0.15) is 0 Å². The number of rotatable bonds is 6. The van der Waals surface area contributed by atoms with E-state index < -0.39 is 16.5 Å². The van der Waals surface area contributed by atoms with Crippen molar-refractivity contribution in [2.75, 3.05) is 5.75 Å². The molecule has 0 unspecified atom stereocenters. The molecule has 0 bridgehead atoms. The van der Waals surface area contributed by atoms with Gasteiger partial charge in [0.15, 0.2) is 16.5 Å². The summed E-state index contributed by atoms with van der Waals surface area (Å²) in [5, 5.41) is 1.32. The number of thioether (sulfide) groups is 1. The molecular weight excluding hydrogens is 306 g/mol. The second-order valence-electron chi connectivity index (χ2n) is 6.90. The molecule has 0 aliphatic carbocycles. The Kier molecular flexibility index (Phi) is 5.80. The SMILES string of the molecule is CCCCSC1=C(N)N([Si](C)(C)C)SN1[Si](C)(C)C. The summed E-state index contributed by atoms with van der Waals surface area (Å²) in [6, 6.07) is 0. The molecule has 0 radical (unpaired) electrons.